The Morgan fingerprint density at radius 3 is 2.94 bits per heavy atom. The number of nitrogens with zero attached hydrogens (tertiary/aromatic N) is 1. The molecule has 0 aromatic rings. The Kier molecular flexibility index (Phi) is 6.66. The van der Waals surface area contributed by atoms with Gasteiger partial charge < -0.3 is 15.0 Å². The van der Waals surface area contributed by atoms with Crippen LogP contribution in [0, 0.1) is 0 Å². The molecule has 2 aliphatic heterocycles. The molecule has 0 bridgehead atoms. The van der Waals surface area contributed by atoms with Gasteiger partial charge in [0.25, 0.3) is 0 Å². The van der Waals surface area contributed by atoms with E-state index in [1.165, 1.54) is 45.3 Å². The first-order valence-electron chi connectivity index (χ1n) is 6.42. The third-order valence-corrected chi connectivity index (χ3v) is 3.49. The molecule has 2 saturated heterocycles. The number of piperazine rings is 1. The van der Waals surface area contributed by atoms with E-state index in [-0.39, 0.29) is 12.4 Å². The zero-order valence-corrected chi connectivity index (χ0v) is 11.1. The van der Waals surface area contributed by atoms with Gasteiger partial charge in [-0.1, -0.05) is 0 Å². The lowest BCUT2D eigenvalue weighted by Gasteiger charge is -2.33. The van der Waals surface area contributed by atoms with Crippen LogP contribution in [0.15, 0.2) is 0 Å². The number of nitrogens with one attached hydrogen (secondary N) is 1. The summed E-state index contributed by atoms with van der Waals surface area (Å²) in [7, 11) is 0. The first kappa shape index (κ1) is 14.2. The lowest BCUT2D eigenvalue weighted by Crippen LogP contribution is -2.49. The largest absolute Gasteiger partial charge is 0.378 e. The van der Waals surface area contributed by atoms with E-state index >= 15 is 0 Å². The molecule has 2 fully saturated rings. The summed E-state index contributed by atoms with van der Waals surface area (Å²) in [5.74, 6) is 0. The molecule has 4 heteroatoms. The van der Waals surface area contributed by atoms with E-state index in [1.807, 2.05) is 0 Å². The Morgan fingerprint density at radius 2 is 2.25 bits per heavy atom. The Labute approximate surface area is 105 Å². The van der Waals surface area contributed by atoms with Crippen molar-refractivity contribution in [1.82, 2.24) is 10.2 Å². The van der Waals surface area contributed by atoms with Gasteiger partial charge in [0.05, 0.1) is 6.10 Å². The first-order valence-corrected chi connectivity index (χ1v) is 6.42. The summed E-state index contributed by atoms with van der Waals surface area (Å²) in [6.45, 7) is 8.03. The van der Waals surface area contributed by atoms with Gasteiger partial charge in [-0.15, -0.1) is 12.4 Å². The molecule has 1 N–H and O–H groups in total. The van der Waals surface area contributed by atoms with Crippen molar-refractivity contribution >= 4 is 12.4 Å². The van der Waals surface area contributed by atoms with Gasteiger partial charge in [-0.2, -0.15) is 0 Å². The lowest BCUT2D eigenvalue weighted by atomic mass is 10.1. The van der Waals surface area contributed by atoms with Crippen LogP contribution in [-0.2, 0) is 4.74 Å². The van der Waals surface area contributed by atoms with E-state index in [1.54, 1.807) is 0 Å². The summed E-state index contributed by atoms with van der Waals surface area (Å²) < 4.78 is 5.75. The molecule has 0 aliphatic carbocycles. The van der Waals surface area contributed by atoms with Crippen molar-refractivity contribution in [2.24, 2.45) is 0 Å². The summed E-state index contributed by atoms with van der Waals surface area (Å²) in [6, 6.07) is 0.658. The van der Waals surface area contributed by atoms with Crippen LogP contribution < -0.4 is 5.32 Å². The van der Waals surface area contributed by atoms with Gasteiger partial charge in [-0.25, -0.2) is 0 Å². The molecule has 2 rings (SSSR count). The summed E-state index contributed by atoms with van der Waals surface area (Å²) in [5, 5.41) is 3.48. The summed E-state index contributed by atoms with van der Waals surface area (Å²) in [5.41, 5.74) is 0. The summed E-state index contributed by atoms with van der Waals surface area (Å²) >= 11 is 0. The van der Waals surface area contributed by atoms with Crippen molar-refractivity contribution in [3.63, 3.8) is 0 Å². The average molecular weight is 249 g/mol. The predicted molar refractivity (Wildman–Crippen MR) is 69.4 cm³/mol. The number of rotatable bonds is 3. The van der Waals surface area contributed by atoms with E-state index in [0.29, 0.717) is 12.1 Å². The fourth-order valence-corrected chi connectivity index (χ4v) is 2.58. The van der Waals surface area contributed by atoms with E-state index in [2.05, 4.69) is 17.1 Å². The van der Waals surface area contributed by atoms with Gasteiger partial charge >= 0.3 is 0 Å². The highest BCUT2D eigenvalue weighted by molar-refractivity contribution is 5.85. The van der Waals surface area contributed by atoms with E-state index in [4.69, 9.17) is 4.74 Å². The SMILES string of the molecule is CC1CN(CCC2CCCCO2)CCN1.Cl. The van der Waals surface area contributed by atoms with Crippen LogP contribution in [0.25, 0.3) is 0 Å². The van der Waals surface area contributed by atoms with Crippen LogP contribution in [0.3, 0.4) is 0 Å². The van der Waals surface area contributed by atoms with Gasteiger partial charge in [-0.3, -0.25) is 0 Å². The summed E-state index contributed by atoms with van der Waals surface area (Å²) in [6.07, 6.45) is 5.68. The van der Waals surface area contributed by atoms with Gasteiger partial charge in [0.1, 0.15) is 0 Å². The molecular weight excluding hydrogens is 224 g/mol. The minimum Gasteiger partial charge on any atom is -0.378 e. The van der Waals surface area contributed by atoms with Crippen molar-refractivity contribution in [1.29, 1.82) is 0 Å². The van der Waals surface area contributed by atoms with Crippen LogP contribution in [-0.4, -0.2) is 49.8 Å². The third kappa shape index (κ3) is 4.58. The average Bonchev–Trinajstić information content (AvgIpc) is 2.28. The van der Waals surface area contributed by atoms with E-state index < -0.39 is 0 Å². The van der Waals surface area contributed by atoms with Gasteiger partial charge in [0.15, 0.2) is 0 Å². The van der Waals surface area contributed by atoms with Crippen LogP contribution in [0.4, 0.5) is 0 Å². The topological polar surface area (TPSA) is 24.5 Å². The quantitative estimate of drug-likeness (QED) is 0.822. The molecule has 0 radical (unpaired) electrons. The Balaban J connectivity index is 0.00000128. The Morgan fingerprint density at radius 1 is 1.38 bits per heavy atom. The first-order chi connectivity index (χ1) is 7.34. The number of halogens is 1. The standard InChI is InChI=1S/C12H24N2O.ClH/c1-11-10-14(8-6-13-11)7-5-12-4-2-3-9-15-12;/h11-13H,2-10H2,1H3;1H. The molecular formula is C12H25ClN2O. The molecule has 0 aromatic carbocycles. The zero-order valence-electron chi connectivity index (χ0n) is 10.3. The second kappa shape index (κ2) is 7.49. The van der Waals surface area contributed by atoms with Gasteiger partial charge in [-0.05, 0) is 32.6 Å². The highest BCUT2D eigenvalue weighted by Crippen LogP contribution is 2.16. The molecule has 3 nitrogen and oxygen atoms in total. The van der Waals surface area contributed by atoms with E-state index in [9.17, 15) is 0 Å². The minimum atomic E-state index is 0. The highest BCUT2D eigenvalue weighted by Gasteiger charge is 2.18. The van der Waals surface area contributed by atoms with Gasteiger partial charge in [0.2, 0.25) is 0 Å². The Hall–Kier alpha value is 0.170. The molecule has 2 heterocycles. The molecule has 2 aliphatic rings. The van der Waals surface area contributed by atoms with Crippen LogP contribution in [0.1, 0.15) is 32.6 Å². The third-order valence-electron chi connectivity index (χ3n) is 3.49. The van der Waals surface area contributed by atoms with Crippen LogP contribution in [0.2, 0.25) is 0 Å². The molecule has 96 valence electrons. The van der Waals surface area contributed by atoms with Crippen LogP contribution in [0.5, 0.6) is 0 Å². The predicted octanol–water partition coefficient (Wildman–Crippen LogP) is 1.66. The molecule has 0 amide bonds. The molecule has 0 aromatic heterocycles. The van der Waals surface area contributed by atoms with Crippen molar-refractivity contribution in [2.45, 2.75) is 44.8 Å². The smallest absolute Gasteiger partial charge is 0.0587 e. The summed E-state index contributed by atoms with van der Waals surface area (Å²) in [4.78, 5) is 2.57. The lowest BCUT2D eigenvalue weighted by molar-refractivity contribution is 0.00418. The second-order valence-corrected chi connectivity index (χ2v) is 4.93. The van der Waals surface area contributed by atoms with Crippen LogP contribution >= 0.6 is 12.4 Å². The van der Waals surface area contributed by atoms with E-state index in [0.717, 1.165) is 13.2 Å². The minimum absolute atomic E-state index is 0. The maximum atomic E-state index is 5.75. The number of hydrogen-bond acceptors (Lipinski definition) is 3. The molecule has 2 unspecified atom stereocenters. The van der Waals surface area contributed by atoms with Crippen molar-refractivity contribution in [3.8, 4) is 0 Å². The van der Waals surface area contributed by atoms with Gasteiger partial charge in [0, 0.05) is 38.8 Å². The number of hydrogen-bond donors (Lipinski definition) is 1. The normalized spacial score (nSPS) is 32.1. The maximum absolute atomic E-state index is 5.75. The number of ether oxygens (including phenoxy) is 1. The molecule has 0 spiro atoms. The molecule has 16 heavy (non-hydrogen) atoms. The highest BCUT2D eigenvalue weighted by atomic mass is 35.5. The zero-order chi connectivity index (χ0) is 10.5. The fraction of sp³-hybridized carbons (Fsp3) is 1.00. The monoisotopic (exact) mass is 248 g/mol. The van der Waals surface area contributed by atoms with Crippen molar-refractivity contribution < 1.29 is 4.74 Å². The van der Waals surface area contributed by atoms with Crippen molar-refractivity contribution in [2.75, 3.05) is 32.8 Å². The molecule has 0 saturated carbocycles. The second-order valence-electron chi connectivity index (χ2n) is 4.93. The Bertz CT molecular complexity index is 186. The maximum Gasteiger partial charge on any atom is 0.0587 e. The molecule has 2 atom stereocenters. The fourth-order valence-electron chi connectivity index (χ4n) is 2.58. The van der Waals surface area contributed by atoms with Crippen molar-refractivity contribution in [3.05, 3.63) is 0 Å².